The molecular weight excluding hydrogens is 252 g/mol. The Bertz CT molecular complexity index is 111. The number of hydrogen-bond acceptors (Lipinski definition) is 6. The van der Waals surface area contributed by atoms with Crippen molar-refractivity contribution in [2.24, 2.45) is 0 Å². The fourth-order valence-corrected chi connectivity index (χ4v) is 2.64. The number of aliphatic hydroxyl groups is 3. The minimum Gasteiger partial charge on any atom is -0.393 e. The van der Waals surface area contributed by atoms with Gasteiger partial charge in [-0.25, -0.2) is 0 Å². The molecule has 0 rings (SSSR count). The van der Waals surface area contributed by atoms with E-state index in [-0.39, 0.29) is 18.3 Å². The predicted molar refractivity (Wildman–Crippen MR) is 73.8 cm³/mol. The zero-order valence-corrected chi connectivity index (χ0v) is 12.0. The van der Waals surface area contributed by atoms with Gasteiger partial charge in [0, 0.05) is 17.3 Å². The van der Waals surface area contributed by atoms with Crippen molar-refractivity contribution in [3.8, 4) is 0 Å². The van der Waals surface area contributed by atoms with Crippen molar-refractivity contribution >= 4 is 34.2 Å². The van der Waals surface area contributed by atoms with Crippen molar-refractivity contribution < 1.29 is 15.3 Å². The summed E-state index contributed by atoms with van der Waals surface area (Å²) in [4.78, 5) is 0. The molecule has 3 atom stereocenters. The van der Waals surface area contributed by atoms with Gasteiger partial charge in [-0.1, -0.05) is 21.6 Å². The van der Waals surface area contributed by atoms with Crippen LogP contribution in [0.25, 0.3) is 0 Å². The van der Waals surface area contributed by atoms with E-state index in [9.17, 15) is 0 Å². The summed E-state index contributed by atoms with van der Waals surface area (Å²) in [5.74, 6) is 2.02. The highest BCUT2D eigenvalue weighted by Gasteiger charge is 1.98. The van der Waals surface area contributed by atoms with Gasteiger partial charge < -0.3 is 15.3 Å². The molecule has 0 heterocycles. The molecule has 6 heteroatoms. The van der Waals surface area contributed by atoms with Crippen molar-refractivity contribution in [3.63, 3.8) is 0 Å². The molecule has 3 nitrogen and oxygen atoms in total. The zero-order chi connectivity index (χ0) is 12.3. The van der Waals surface area contributed by atoms with Crippen LogP contribution in [0.5, 0.6) is 0 Å². The molecule has 3 unspecified atom stereocenters. The van der Waals surface area contributed by atoms with Crippen LogP contribution >= 0.6 is 34.2 Å². The maximum atomic E-state index is 8.82. The predicted octanol–water partition coefficient (Wildman–Crippen LogP) is 1.43. The lowest BCUT2D eigenvalue weighted by atomic mass is 10.5. The Hall–Kier alpha value is 0.930. The van der Waals surface area contributed by atoms with Gasteiger partial charge in [-0.3, -0.25) is 0 Å². The lowest BCUT2D eigenvalue weighted by Gasteiger charge is -2.04. The van der Waals surface area contributed by atoms with Crippen LogP contribution in [-0.2, 0) is 0 Å². The van der Waals surface area contributed by atoms with Crippen LogP contribution in [0.3, 0.4) is 0 Å². The smallest absolute Gasteiger partial charge is 0.0610 e. The highest BCUT2D eigenvalue weighted by atomic mass is 33.1. The Balaban J connectivity index is 0. The summed E-state index contributed by atoms with van der Waals surface area (Å²) in [5.41, 5.74) is 0. The van der Waals surface area contributed by atoms with E-state index in [1.54, 1.807) is 42.4 Å². The van der Waals surface area contributed by atoms with E-state index in [2.05, 4.69) is 12.6 Å². The lowest BCUT2D eigenvalue weighted by Crippen LogP contribution is -2.04. The summed E-state index contributed by atoms with van der Waals surface area (Å²) in [5, 5.41) is 25.9. The van der Waals surface area contributed by atoms with E-state index >= 15 is 0 Å². The normalized spacial score (nSPS) is 16.2. The molecule has 0 aromatic carbocycles. The summed E-state index contributed by atoms with van der Waals surface area (Å²) in [7, 11) is 3.19. The van der Waals surface area contributed by atoms with Crippen LogP contribution in [0.15, 0.2) is 0 Å². The zero-order valence-electron chi connectivity index (χ0n) is 9.46. The van der Waals surface area contributed by atoms with Crippen LogP contribution in [-0.4, -0.2) is 50.9 Å². The summed E-state index contributed by atoms with van der Waals surface area (Å²) in [6.45, 7) is 5.22. The maximum absolute atomic E-state index is 8.82. The SMILES string of the molecule is CC(O)CS.CC(O)CSSCC(C)O. The minimum absolute atomic E-state index is 0.244. The van der Waals surface area contributed by atoms with E-state index in [1.807, 2.05) is 0 Å². The quantitative estimate of drug-likeness (QED) is 0.335. The Morgan fingerprint density at radius 3 is 1.27 bits per heavy atom. The molecule has 0 aliphatic heterocycles. The van der Waals surface area contributed by atoms with Gasteiger partial charge in [-0.2, -0.15) is 12.6 Å². The summed E-state index contributed by atoms with van der Waals surface area (Å²) < 4.78 is 0. The van der Waals surface area contributed by atoms with Gasteiger partial charge in [0.25, 0.3) is 0 Å². The van der Waals surface area contributed by atoms with E-state index in [4.69, 9.17) is 15.3 Å². The van der Waals surface area contributed by atoms with E-state index in [0.29, 0.717) is 5.75 Å². The molecule has 0 amide bonds. The second-order valence-corrected chi connectivity index (χ2v) is 6.22. The summed E-state index contributed by atoms with van der Waals surface area (Å²) in [6, 6.07) is 0. The largest absolute Gasteiger partial charge is 0.393 e. The molecule has 0 aromatic rings. The first-order valence-electron chi connectivity index (χ1n) is 4.79. The molecule has 0 saturated carbocycles. The highest BCUT2D eigenvalue weighted by molar-refractivity contribution is 8.76. The Labute approximate surface area is 106 Å². The average molecular weight is 274 g/mol. The van der Waals surface area contributed by atoms with Gasteiger partial charge in [-0.15, -0.1) is 0 Å². The molecule has 0 fully saturated rings. The molecule has 0 saturated heterocycles. The van der Waals surface area contributed by atoms with Gasteiger partial charge in [-0.05, 0) is 20.8 Å². The first-order chi connectivity index (χ1) is 6.90. The second-order valence-electron chi connectivity index (χ2n) is 3.30. The van der Waals surface area contributed by atoms with Crippen LogP contribution in [0.4, 0.5) is 0 Å². The van der Waals surface area contributed by atoms with E-state index in [1.165, 1.54) is 0 Å². The van der Waals surface area contributed by atoms with Crippen molar-refractivity contribution in [3.05, 3.63) is 0 Å². The van der Waals surface area contributed by atoms with E-state index in [0.717, 1.165) is 11.5 Å². The van der Waals surface area contributed by atoms with Crippen molar-refractivity contribution in [2.45, 2.75) is 39.1 Å². The highest BCUT2D eigenvalue weighted by Crippen LogP contribution is 2.22. The second kappa shape index (κ2) is 13.0. The number of rotatable bonds is 6. The number of hydrogen-bond donors (Lipinski definition) is 4. The topological polar surface area (TPSA) is 60.7 Å². The van der Waals surface area contributed by atoms with Gasteiger partial charge in [0.05, 0.1) is 18.3 Å². The van der Waals surface area contributed by atoms with Crippen molar-refractivity contribution in [1.82, 2.24) is 0 Å². The Morgan fingerprint density at radius 1 is 0.867 bits per heavy atom. The van der Waals surface area contributed by atoms with Crippen molar-refractivity contribution in [1.29, 1.82) is 0 Å². The van der Waals surface area contributed by atoms with Gasteiger partial charge in [0.15, 0.2) is 0 Å². The third-order valence-electron chi connectivity index (χ3n) is 0.966. The molecule has 94 valence electrons. The molecular formula is C9H22O3S3. The summed E-state index contributed by atoms with van der Waals surface area (Å²) in [6.07, 6.45) is -0.740. The number of thiol groups is 1. The van der Waals surface area contributed by atoms with Gasteiger partial charge in [0.2, 0.25) is 0 Å². The Morgan fingerprint density at radius 2 is 1.13 bits per heavy atom. The monoisotopic (exact) mass is 274 g/mol. The molecule has 0 bridgehead atoms. The van der Waals surface area contributed by atoms with Gasteiger partial charge >= 0.3 is 0 Å². The Kier molecular flexibility index (Phi) is 15.9. The van der Waals surface area contributed by atoms with Crippen LogP contribution in [0, 0.1) is 0 Å². The maximum Gasteiger partial charge on any atom is 0.0610 e. The fraction of sp³-hybridized carbons (Fsp3) is 1.00. The first-order valence-corrected chi connectivity index (χ1v) is 7.91. The first kappa shape index (κ1) is 18.3. The molecule has 0 radical (unpaired) electrons. The molecule has 0 aliphatic rings. The van der Waals surface area contributed by atoms with E-state index < -0.39 is 0 Å². The number of aliphatic hydroxyl groups excluding tert-OH is 3. The fourth-order valence-electron chi connectivity index (χ4n) is 0.293. The molecule has 0 spiro atoms. The third kappa shape index (κ3) is 25.3. The van der Waals surface area contributed by atoms with Crippen LogP contribution in [0.2, 0.25) is 0 Å². The molecule has 0 aromatic heterocycles. The average Bonchev–Trinajstić information content (AvgIpc) is 2.13. The van der Waals surface area contributed by atoms with Crippen LogP contribution < -0.4 is 0 Å². The standard InChI is InChI=1S/C6H14O2S2.C3H8OS/c1-5(7)3-9-10-4-6(2)8;1-3(4)2-5/h5-8H,3-4H2,1-2H3;3-5H,2H2,1H3. The third-order valence-corrected chi connectivity index (χ3v) is 4.21. The molecule has 15 heavy (non-hydrogen) atoms. The van der Waals surface area contributed by atoms with Crippen LogP contribution in [0.1, 0.15) is 20.8 Å². The molecule has 3 N–H and O–H groups in total. The van der Waals surface area contributed by atoms with Crippen molar-refractivity contribution in [2.75, 3.05) is 17.3 Å². The minimum atomic E-state index is -0.252. The summed E-state index contributed by atoms with van der Waals surface area (Å²) >= 11 is 3.77. The molecule has 0 aliphatic carbocycles. The van der Waals surface area contributed by atoms with Gasteiger partial charge in [0.1, 0.15) is 0 Å². The lowest BCUT2D eigenvalue weighted by molar-refractivity contribution is 0.219.